The van der Waals surface area contributed by atoms with E-state index >= 15 is 0 Å². The Morgan fingerprint density at radius 2 is 1.88 bits per heavy atom. The summed E-state index contributed by atoms with van der Waals surface area (Å²) in [6.07, 6.45) is 0.748. The van der Waals surface area contributed by atoms with Gasteiger partial charge in [-0.15, -0.1) is 0 Å². The van der Waals surface area contributed by atoms with Gasteiger partial charge < -0.3 is 28.8 Å². The molecule has 180 valence electrons. The van der Waals surface area contributed by atoms with Gasteiger partial charge in [-0.2, -0.15) is 0 Å². The molecule has 2 aliphatic heterocycles. The maximum absolute atomic E-state index is 12.3. The van der Waals surface area contributed by atoms with E-state index in [-0.39, 0.29) is 50.3 Å². The van der Waals surface area contributed by atoms with Crippen LogP contribution in [0.2, 0.25) is 0 Å². The molecule has 0 aromatic carbocycles. The lowest BCUT2D eigenvalue weighted by Crippen LogP contribution is -2.53. The SMILES string of the molecule is CCC(C)CC(=O)OCC1=CO[C@@H](OC(=O)CC(C)C)[C@@H]2[C@@]3(CO3)[C@@H](OC(C)=O)C[C@]12O. The van der Waals surface area contributed by atoms with Gasteiger partial charge in [0, 0.05) is 31.8 Å². The Balaban J connectivity index is 1.82. The van der Waals surface area contributed by atoms with Gasteiger partial charge in [0.05, 0.1) is 12.9 Å². The quantitative estimate of drug-likeness (QED) is 0.318. The predicted molar refractivity (Wildman–Crippen MR) is 111 cm³/mol. The van der Waals surface area contributed by atoms with Crippen molar-refractivity contribution in [3.63, 3.8) is 0 Å². The topological polar surface area (TPSA) is 121 Å². The van der Waals surface area contributed by atoms with E-state index in [1.807, 2.05) is 27.7 Å². The Kier molecular flexibility index (Phi) is 7.19. The highest BCUT2D eigenvalue weighted by Crippen LogP contribution is 2.59. The molecule has 9 heteroatoms. The zero-order valence-corrected chi connectivity index (χ0v) is 19.4. The van der Waals surface area contributed by atoms with Crippen molar-refractivity contribution in [2.45, 2.75) is 83.9 Å². The van der Waals surface area contributed by atoms with Gasteiger partial charge in [-0.05, 0) is 11.8 Å². The van der Waals surface area contributed by atoms with Crippen LogP contribution in [-0.4, -0.2) is 59.8 Å². The molecule has 0 amide bonds. The Labute approximate surface area is 188 Å². The van der Waals surface area contributed by atoms with E-state index in [9.17, 15) is 19.5 Å². The molecule has 1 saturated heterocycles. The first-order valence-electron chi connectivity index (χ1n) is 11.3. The van der Waals surface area contributed by atoms with Gasteiger partial charge in [-0.25, -0.2) is 0 Å². The van der Waals surface area contributed by atoms with Crippen molar-refractivity contribution in [2.24, 2.45) is 17.8 Å². The predicted octanol–water partition coefficient (Wildman–Crippen LogP) is 2.25. The van der Waals surface area contributed by atoms with E-state index in [0.29, 0.717) is 5.57 Å². The minimum atomic E-state index is -1.59. The fourth-order valence-electron chi connectivity index (χ4n) is 4.51. The van der Waals surface area contributed by atoms with Gasteiger partial charge in [0.1, 0.15) is 29.8 Å². The fourth-order valence-corrected chi connectivity index (χ4v) is 4.51. The summed E-state index contributed by atoms with van der Waals surface area (Å²) in [6, 6.07) is 0. The van der Waals surface area contributed by atoms with E-state index in [1.54, 1.807) is 0 Å². The molecule has 1 unspecified atom stereocenters. The molecule has 9 nitrogen and oxygen atoms in total. The van der Waals surface area contributed by atoms with Gasteiger partial charge >= 0.3 is 17.9 Å². The van der Waals surface area contributed by atoms with Gasteiger partial charge in [0.15, 0.2) is 0 Å². The molecule has 1 saturated carbocycles. The van der Waals surface area contributed by atoms with Crippen LogP contribution in [0, 0.1) is 17.8 Å². The Morgan fingerprint density at radius 1 is 1.19 bits per heavy atom. The number of hydrogen-bond donors (Lipinski definition) is 1. The number of epoxide rings is 1. The molecular weight excluding hydrogens is 420 g/mol. The first-order valence-corrected chi connectivity index (χ1v) is 11.3. The molecule has 1 spiro atoms. The van der Waals surface area contributed by atoms with Crippen molar-refractivity contribution in [1.82, 2.24) is 0 Å². The van der Waals surface area contributed by atoms with Crippen LogP contribution in [0.25, 0.3) is 0 Å². The summed E-state index contributed by atoms with van der Waals surface area (Å²) in [4.78, 5) is 36.2. The molecule has 3 aliphatic rings. The summed E-state index contributed by atoms with van der Waals surface area (Å²) < 4.78 is 27.8. The average molecular weight is 455 g/mol. The van der Waals surface area contributed by atoms with Gasteiger partial charge in [0.25, 0.3) is 6.29 Å². The second kappa shape index (κ2) is 9.39. The molecule has 0 bridgehead atoms. The van der Waals surface area contributed by atoms with Crippen LogP contribution in [0.15, 0.2) is 11.8 Å². The number of carbonyl (C=O) groups is 3. The third-order valence-electron chi connectivity index (χ3n) is 6.46. The second-order valence-corrected chi connectivity index (χ2v) is 9.56. The largest absolute Gasteiger partial charge is 0.462 e. The molecule has 2 fully saturated rings. The van der Waals surface area contributed by atoms with Gasteiger partial charge in [0.2, 0.25) is 0 Å². The van der Waals surface area contributed by atoms with Crippen LogP contribution in [0.5, 0.6) is 0 Å². The van der Waals surface area contributed by atoms with Crippen LogP contribution in [0.3, 0.4) is 0 Å². The summed E-state index contributed by atoms with van der Waals surface area (Å²) in [5.41, 5.74) is -2.29. The standard InChI is InChI=1S/C23H34O9/c1-6-14(4)8-18(25)28-10-16-11-29-21(32-19(26)7-13(2)3)20-22(16,27)9-17(31-15(5)24)23(20)12-30-23/h11,13-14,17,20-21,27H,6-10,12H2,1-5H3/t14?,17-,20-,21-,22-,23+/m0/s1. The van der Waals surface area contributed by atoms with Crippen LogP contribution >= 0.6 is 0 Å². The smallest absolute Gasteiger partial charge is 0.309 e. The number of hydrogen-bond acceptors (Lipinski definition) is 9. The van der Waals surface area contributed by atoms with Crippen LogP contribution < -0.4 is 0 Å². The molecule has 0 radical (unpaired) electrons. The lowest BCUT2D eigenvalue weighted by molar-refractivity contribution is -0.208. The summed E-state index contributed by atoms with van der Waals surface area (Å²) in [5.74, 6) is -1.91. The van der Waals surface area contributed by atoms with E-state index in [2.05, 4.69) is 0 Å². The van der Waals surface area contributed by atoms with Crippen molar-refractivity contribution in [2.75, 3.05) is 13.2 Å². The molecule has 1 aliphatic carbocycles. The minimum Gasteiger partial charge on any atom is -0.462 e. The number of ether oxygens (including phenoxy) is 5. The molecule has 32 heavy (non-hydrogen) atoms. The van der Waals surface area contributed by atoms with Crippen molar-refractivity contribution in [1.29, 1.82) is 0 Å². The van der Waals surface area contributed by atoms with Gasteiger partial charge in [-0.1, -0.05) is 34.1 Å². The summed E-state index contributed by atoms with van der Waals surface area (Å²) in [6.45, 7) is 9.06. The molecule has 2 heterocycles. The molecule has 1 N–H and O–H groups in total. The number of aliphatic hydroxyl groups is 1. The first-order chi connectivity index (χ1) is 15.0. The minimum absolute atomic E-state index is 0.0214. The van der Waals surface area contributed by atoms with Crippen molar-refractivity contribution < 1.29 is 43.2 Å². The molecule has 0 aromatic heterocycles. The zero-order valence-electron chi connectivity index (χ0n) is 19.4. The monoisotopic (exact) mass is 454 g/mol. The molecule has 3 rings (SSSR count). The summed E-state index contributed by atoms with van der Waals surface area (Å²) >= 11 is 0. The van der Waals surface area contributed by atoms with Crippen molar-refractivity contribution in [3.8, 4) is 0 Å². The summed E-state index contributed by atoms with van der Waals surface area (Å²) in [7, 11) is 0. The van der Waals surface area contributed by atoms with Gasteiger partial charge in [-0.3, -0.25) is 14.4 Å². The molecule has 0 aromatic rings. The Morgan fingerprint density at radius 3 is 2.44 bits per heavy atom. The molecule has 6 atom stereocenters. The zero-order chi connectivity index (χ0) is 23.7. The lowest BCUT2D eigenvalue weighted by Gasteiger charge is -2.40. The maximum Gasteiger partial charge on any atom is 0.309 e. The average Bonchev–Trinajstić information content (AvgIpc) is 3.42. The number of fused-ring (bicyclic) bond motifs is 2. The second-order valence-electron chi connectivity index (χ2n) is 9.56. The summed E-state index contributed by atoms with van der Waals surface area (Å²) in [5, 5.41) is 11.7. The highest BCUT2D eigenvalue weighted by molar-refractivity contribution is 5.70. The van der Waals surface area contributed by atoms with E-state index in [0.717, 1.165) is 6.42 Å². The van der Waals surface area contributed by atoms with Crippen LogP contribution in [0.1, 0.15) is 60.3 Å². The molecular formula is C23H34O9. The first kappa shape index (κ1) is 24.5. The van der Waals surface area contributed by atoms with E-state index < -0.39 is 41.5 Å². The van der Waals surface area contributed by atoms with Crippen LogP contribution in [-0.2, 0) is 38.1 Å². The third kappa shape index (κ3) is 4.93. The fraction of sp³-hybridized carbons (Fsp3) is 0.783. The third-order valence-corrected chi connectivity index (χ3v) is 6.46. The normalized spacial score (nSPS) is 33.7. The van der Waals surface area contributed by atoms with E-state index in [1.165, 1.54) is 13.2 Å². The van der Waals surface area contributed by atoms with E-state index in [4.69, 9.17) is 23.7 Å². The van der Waals surface area contributed by atoms with Crippen LogP contribution in [0.4, 0.5) is 0 Å². The number of rotatable bonds is 9. The maximum atomic E-state index is 12.3. The van der Waals surface area contributed by atoms with Crippen molar-refractivity contribution in [3.05, 3.63) is 11.8 Å². The number of esters is 3. The highest BCUT2D eigenvalue weighted by Gasteiger charge is 2.76. The lowest BCUT2D eigenvalue weighted by atomic mass is 9.79. The van der Waals surface area contributed by atoms with Crippen molar-refractivity contribution >= 4 is 17.9 Å². The Bertz CT molecular complexity index is 769. The Hall–Kier alpha value is -2.13. The number of carbonyl (C=O) groups excluding carboxylic acids is 3. The highest BCUT2D eigenvalue weighted by atomic mass is 16.7.